The summed E-state index contributed by atoms with van der Waals surface area (Å²) in [6.45, 7) is 7.04. The van der Waals surface area contributed by atoms with E-state index in [1.165, 1.54) is 4.68 Å². The number of rotatable bonds is 5. The molecule has 1 rings (SSSR count). The Hall–Kier alpha value is -0.830. The summed E-state index contributed by atoms with van der Waals surface area (Å²) >= 11 is 0.593. The van der Waals surface area contributed by atoms with Gasteiger partial charge >= 0.3 is 6.18 Å². The summed E-state index contributed by atoms with van der Waals surface area (Å²) in [6.07, 6.45) is -4.22. The van der Waals surface area contributed by atoms with E-state index in [1.54, 1.807) is 0 Å². The molecule has 18 heavy (non-hydrogen) atoms. The predicted octanol–water partition coefficient (Wildman–Crippen LogP) is 1.72. The van der Waals surface area contributed by atoms with Crippen molar-refractivity contribution >= 4 is 11.8 Å². The maximum absolute atomic E-state index is 12.1. The lowest BCUT2D eigenvalue weighted by atomic mass is 10.1. The second-order valence-corrected chi connectivity index (χ2v) is 5.71. The number of nitrogens with one attached hydrogen (secondary N) is 1. The summed E-state index contributed by atoms with van der Waals surface area (Å²) in [7, 11) is 0. The highest BCUT2D eigenvalue weighted by Gasteiger charge is 2.28. The van der Waals surface area contributed by atoms with Gasteiger partial charge in [0.1, 0.15) is 0 Å². The Morgan fingerprint density at radius 3 is 2.50 bits per heavy atom. The first kappa shape index (κ1) is 15.2. The number of alkyl halides is 3. The molecular formula is C9H16F3N5S. The maximum Gasteiger partial charge on any atom is 0.398 e. The summed E-state index contributed by atoms with van der Waals surface area (Å²) in [5.41, 5.74) is -0.0483. The Morgan fingerprint density at radius 2 is 1.94 bits per heavy atom. The van der Waals surface area contributed by atoms with Crippen LogP contribution < -0.4 is 5.32 Å². The van der Waals surface area contributed by atoms with E-state index in [9.17, 15) is 13.2 Å². The fourth-order valence-corrected chi connectivity index (χ4v) is 1.79. The number of nitrogens with zero attached hydrogens (tertiary/aromatic N) is 4. The molecule has 5 nitrogen and oxygen atoms in total. The van der Waals surface area contributed by atoms with Crippen LogP contribution in [0.5, 0.6) is 0 Å². The zero-order valence-electron chi connectivity index (χ0n) is 10.5. The smallest absolute Gasteiger partial charge is 0.310 e. The highest BCUT2D eigenvalue weighted by molar-refractivity contribution is 7.99. The minimum atomic E-state index is -4.22. The molecule has 0 atom stereocenters. The van der Waals surface area contributed by atoms with E-state index in [1.807, 2.05) is 20.8 Å². The van der Waals surface area contributed by atoms with Crippen molar-refractivity contribution in [1.82, 2.24) is 25.5 Å². The molecular weight excluding hydrogens is 267 g/mol. The molecule has 1 N–H and O–H groups in total. The van der Waals surface area contributed by atoms with Crippen molar-refractivity contribution in [3.05, 3.63) is 0 Å². The van der Waals surface area contributed by atoms with Crippen molar-refractivity contribution in [2.24, 2.45) is 0 Å². The monoisotopic (exact) mass is 283 g/mol. The molecule has 1 heterocycles. The second kappa shape index (κ2) is 5.87. The first-order valence-electron chi connectivity index (χ1n) is 5.38. The molecule has 0 radical (unpaired) electrons. The van der Waals surface area contributed by atoms with Gasteiger partial charge in [0.05, 0.1) is 12.3 Å². The van der Waals surface area contributed by atoms with Crippen LogP contribution in [0.15, 0.2) is 5.16 Å². The number of aromatic nitrogens is 4. The molecule has 0 saturated heterocycles. The topological polar surface area (TPSA) is 55.6 Å². The molecule has 0 aliphatic carbocycles. The zero-order valence-corrected chi connectivity index (χ0v) is 11.3. The van der Waals surface area contributed by atoms with E-state index < -0.39 is 11.9 Å². The first-order chi connectivity index (χ1) is 8.17. The molecule has 9 heteroatoms. The van der Waals surface area contributed by atoms with Crippen molar-refractivity contribution < 1.29 is 13.2 Å². The van der Waals surface area contributed by atoms with E-state index >= 15 is 0 Å². The quantitative estimate of drug-likeness (QED) is 0.834. The number of hydrogen-bond donors (Lipinski definition) is 1. The Kier molecular flexibility index (Phi) is 4.97. The van der Waals surface area contributed by atoms with E-state index in [0.29, 0.717) is 24.9 Å². The van der Waals surface area contributed by atoms with Crippen LogP contribution in [-0.2, 0) is 6.54 Å². The lowest BCUT2D eigenvalue weighted by Crippen LogP contribution is -2.38. The molecule has 0 aromatic carbocycles. The van der Waals surface area contributed by atoms with Gasteiger partial charge in [0.25, 0.3) is 0 Å². The molecule has 0 aliphatic heterocycles. The molecule has 1 aromatic heterocycles. The summed E-state index contributed by atoms with van der Waals surface area (Å²) in [4.78, 5) is 0. The molecule has 0 spiro atoms. The van der Waals surface area contributed by atoms with Gasteiger partial charge in [0.15, 0.2) is 0 Å². The largest absolute Gasteiger partial charge is 0.398 e. The average Bonchev–Trinajstić information content (AvgIpc) is 2.59. The molecule has 0 bridgehead atoms. The lowest BCUT2D eigenvalue weighted by Gasteiger charge is -2.20. The number of tetrazole rings is 1. The van der Waals surface area contributed by atoms with Crippen LogP contribution in [0.2, 0.25) is 0 Å². The summed E-state index contributed by atoms with van der Waals surface area (Å²) in [6, 6.07) is 0. The van der Waals surface area contributed by atoms with Crippen molar-refractivity contribution in [2.45, 2.75) is 44.2 Å². The van der Waals surface area contributed by atoms with Crippen LogP contribution in [0.4, 0.5) is 13.2 Å². The third kappa shape index (κ3) is 6.20. The highest BCUT2D eigenvalue weighted by atomic mass is 32.2. The van der Waals surface area contributed by atoms with Crippen LogP contribution in [0.1, 0.15) is 20.8 Å². The third-order valence-corrected chi connectivity index (χ3v) is 2.87. The van der Waals surface area contributed by atoms with Gasteiger partial charge in [-0.05, 0) is 31.2 Å². The molecule has 0 amide bonds. The van der Waals surface area contributed by atoms with Crippen LogP contribution >= 0.6 is 11.8 Å². The third-order valence-electron chi connectivity index (χ3n) is 1.84. The Morgan fingerprint density at radius 1 is 1.28 bits per heavy atom. The van der Waals surface area contributed by atoms with E-state index in [2.05, 4.69) is 20.8 Å². The van der Waals surface area contributed by atoms with Crippen molar-refractivity contribution in [3.8, 4) is 0 Å². The predicted molar refractivity (Wildman–Crippen MR) is 62.4 cm³/mol. The maximum atomic E-state index is 12.1. The number of thioether (sulfide) groups is 1. The summed E-state index contributed by atoms with van der Waals surface area (Å²) in [5, 5.41) is 14.0. The van der Waals surface area contributed by atoms with Crippen molar-refractivity contribution in [3.63, 3.8) is 0 Å². The molecule has 0 fully saturated rings. The van der Waals surface area contributed by atoms with Gasteiger partial charge < -0.3 is 5.32 Å². The highest BCUT2D eigenvalue weighted by Crippen LogP contribution is 2.25. The van der Waals surface area contributed by atoms with Crippen molar-refractivity contribution in [1.29, 1.82) is 0 Å². The van der Waals surface area contributed by atoms with Crippen LogP contribution in [-0.4, -0.2) is 44.2 Å². The zero-order chi connectivity index (χ0) is 13.8. The van der Waals surface area contributed by atoms with Gasteiger partial charge in [0.2, 0.25) is 5.16 Å². The van der Waals surface area contributed by atoms with Gasteiger partial charge in [0, 0.05) is 12.1 Å². The van der Waals surface area contributed by atoms with Crippen LogP contribution in [0.3, 0.4) is 0 Å². The van der Waals surface area contributed by atoms with Gasteiger partial charge in [-0.25, -0.2) is 4.68 Å². The fourth-order valence-electron chi connectivity index (χ4n) is 1.12. The molecule has 0 aliphatic rings. The Labute approximate surface area is 108 Å². The second-order valence-electron chi connectivity index (χ2n) is 4.77. The molecule has 0 saturated carbocycles. The Balaban J connectivity index is 2.45. The molecule has 1 aromatic rings. The summed E-state index contributed by atoms with van der Waals surface area (Å²) in [5.74, 6) is -0.986. The van der Waals surface area contributed by atoms with Crippen molar-refractivity contribution in [2.75, 3.05) is 12.3 Å². The SMILES string of the molecule is CC(C)(C)NCCn1nnnc1SCC(F)(F)F. The minimum absolute atomic E-state index is 0.0483. The fraction of sp³-hybridized carbons (Fsp3) is 0.889. The minimum Gasteiger partial charge on any atom is -0.310 e. The molecule has 104 valence electrons. The first-order valence-corrected chi connectivity index (χ1v) is 6.37. The molecule has 0 unspecified atom stereocenters. The van der Waals surface area contributed by atoms with E-state index in [0.717, 1.165) is 0 Å². The Bertz CT molecular complexity index is 371. The number of halogens is 3. The number of hydrogen-bond acceptors (Lipinski definition) is 5. The van der Waals surface area contributed by atoms with Crippen LogP contribution in [0, 0.1) is 0 Å². The lowest BCUT2D eigenvalue weighted by molar-refractivity contribution is -0.105. The van der Waals surface area contributed by atoms with E-state index in [-0.39, 0.29) is 10.7 Å². The van der Waals surface area contributed by atoms with Gasteiger partial charge in [-0.3, -0.25) is 0 Å². The average molecular weight is 283 g/mol. The standard InChI is InChI=1S/C9H16F3N5S/c1-8(2,3)13-4-5-17-7(14-15-16-17)18-6-9(10,11)12/h13H,4-6H2,1-3H3. The van der Waals surface area contributed by atoms with Gasteiger partial charge in [-0.15, -0.1) is 5.10 Å². The van der Waals surface area contributed by atoms with Gasteiger partial charge in [-0.1, -0.05) is 11.8 Å². The summed E-state index contributed by atoms with van der Waals surface area (Å²) < 4.78 is 37.6. The van der Waals surface area contributed by atoms with Crippen LogP contribution in [0.25, 0.3) is 0 Å². The normalized spacial score (nSPS) is 13.0. The van der Waals surface area contributed by atoms with Gasteiger partial charge in [-0.2, -0.15) is 13.2 Å². The van der Waals surface area contributed by atoms with E-state index in [4.69, 9.17) is 0 Å².